The highest BCUT2D eigenvalue weighted by molar-refractivity contribution is 6.08. The molecule has 0 spiro atoms. The summed E-state index contributed by atoms with van der Waals surface area (Å²) in [5.74, 6) is 1.90. The zero-order valence-electron chi connectivity index (χ0n) is 16.0. The van der Waals surface area contributed by atoms with Crippen molar-refractivity contribution < 1.29 is 4.74 Å². The van der Waals surface area contributed by atoms with Gasteiger partial charge in [0.05, 0.1) is 12.6 Å². The third-order valence-electron chi connectivity index (χ3n) is 6.26. The molecule has 5 rings (SSSR count). The van der Waals surface area contributed by atoms with E-state index in [1.165, 1.54) is 19.3 Å². The van der Waals surface area contributed by atoms with Crippen LogP contribution in [0.15, 0.2) is 24.5 Å². The van der Waals surface area contributed by atoms with Crippen molar-refractivity contribution in [1.82, 2.24) is 15.0 Å². The molecule has 1 N–H and O–H groups in total. The minimum absolute atomic E-state index is 0.374. The summed E-state index contributed by atoms with van der Waals surface area (Å²) in [5.41, 5.74) is 3.86. The first-order valence-electron chi connectivity index (χ1n) is 9.45. The summed E-state index contributed by atoms with van der Waals surface area (Å²) < 4.78 is 5.37. The highest BCUT2D eigenvalue weighted by atomic mass is 16.5. The molecule has 3 aromatic rings. The monoisotopic (exact) mass is 350 g/mol. The van der Waals surface area contributed by atoms with Crippen molar-refractivity contribution in [2.24, 2.45) is 10.8 Å². The lowest BCUT2D eigenvalue weighted by atomic mass is 9.65. The third-order valence-corrected chi connectivity index (χ3v) is 6.26. The first-order chi connectivity index (χ1) is 12.4. The van der Waals surface area contributed by atoms with Gasteiger partial charge in [0.15, 0.2) is 5.82 Å². The molecule has 2 bridgehead atoms. The molecule has 2 aromatic heterocycles. The summed E-state index contributed by atoms with van der Waals surface area (Å²) in [5, 5.41) is 1.12. The van der Waals surface area contributed by atoms with Crippen LogP contribution in [0, 0.1) is 10.8 Å². The van der Waals surface area contributed by atoms with Crippen molar-refractivity contribution in [2.45, 2.75) is 46.1 Å². The molecule has 1 saturated carbocycles. The second-order valence-corrected chi connectivity index (χ2v) is 9.30. The van der Waals surface area contributed by atoms with Gasteiger partial charge >= 0.3 is 0 Å². The number of H-pyrrole nitrogens is 1. The van der Waals surface area contributed by atoms with E-state index < -0.39 is 0 Å². The molecule has 0 amide bonds. The molecule has 136 valence electrons. The smallest absolute Gasteiger partial charge is 0.156 e. The van der Waals surface area contributed by atoms with Crippen LogP contribution in [-0.4, -0.2) is 34.6 Å². The van der Waals surface area contributed by atoms with Gasteiger partial charge in [-0.3, -0.25) is 0 Å². The summed E-state index contributed by atoms with van der Waals surface area (Å²) in [6, 6.07) is 6.66. The number of hydrogen-bond donors (Lipinski definition) is 1. The lowest BCUT2D eigenvalue weighted by Crippen LogP contribution is -2.35. The zero-order valence-corrected chi connectivity index (χ0v) is 16.0. The van der Waals surface area contributed by atoms with Gasteiger partial charge in [-0.1, -0.05) is 20.8 Å². The highest BCUT2D eigenvalue weighted by Crippen LogP contribution is 2.53. The van der Waals surface area contributed by atoms with E-state index in [0.29, 0.717) is 16.9 Å². The van der Waals surface area contributed by atoms with Gasteiger partial charge in [-0.15, -0.1) is 0 Å². The maximum absolute atomic E-state index is 5.37. The van der Waals surface area contributed by atoms with Gasteiger partial charge in [0.2, 0.25) is 0 Å². The number of ether oxygens (including phenoxy) is 1. The fraction of sp³-hybridized carbons (Fsp3) is 0.524. The van der Waals surface area contributed by atoms with Crippen LogP contribution in [0.4, 0.5) is 5.82 Å². The molecule has 2 unspecified atom stereocenters. The van der Waals surface area contributed by atoms with Crippen LogP contribution in [0.5, 0.6) is 5.75 Å². The Hall–Kier alpha value is -2.30. The Kier molecular flexibility index (Phi) is 3.13. The number of anilines is 1. The quantitative estimate of drug-likeness (QED) is 0.738. The molecule has 5 nitrogen and oxygen atoms in total. The number of hydrogen-bond acceptors (Lipinski definition) is 4. The number of rotatable bonds is 2. The SMILES string of the molecule is COc1ccc2c(c1)[nH]c1c(N3CC4(C)CC3CC(C)(C)C4)ncnc12. The first-order valence-corrected chi connectivity index (χ1v) is 9.45. The minimum atomic E-state index is 0.374. The number of methoxy groups -OCH3 is 1. The summed E-state index contributed by atoms with van der Waals surface area (Å²) >= 11 is 0. The van der Waals surface area contributed by atoms with E-state index >= 15 is 0 Å². The van der Waals surface area contributed by atoms with E-state index in [4.69, 9.17) is 9.72 Å². The normalized spacial score (nSPS) is 27.4. The Morgan fingerprint density at radius 2 is 2.04 bits per heavy atom. The number of aromatic nitrogens is 3. The fourth-order valence-electron chi connectivity index (χ4n) is 5.72. The Morgan fingerprint density at radius 1 is 1.19 bits per heavy atom. The van der Waals surface area contributed by atoms with E-state index in [9.17, 15) is 0 Å². The molecule has 2 atom stereocenters. The van der Waals surface area contributed by atoms with Gasteiger partial charge in [-0.2, -0.15) is 0 Å². The van der Waals surface area contributed by atoms with Crippen LogP contribution < -0.4 is 9.64 Å². The summed E-state index contributed by atoms with van der Waals surface area (Å²) in [6.07, 6.45) is 5.48. The van der Waals surface area contributed by atoms with Crippen LogP contribution in [0.3, 0.4) is 0 Å². The van der Waals surface area contributed by atoms with Crippen LogP contribution in [0.1, 0.15) is 40.0 Å². The average Bonchev–Trinajstić information content (AvgIpc) is 3.07. The second kappa shape index (κ2) is 5.12. The van der Waals surface area contributed by atoms with E-state index in [2.05, 4.69) is 41.7 Å². The van der Waals surface area contributed by atoms with E-state index in [1.807, 2.05) is 12.1 Å². The van der Waals surface area contributed by atoms with Crippen LogP contribution in [0.25, 0.3) is 21.9 Å². The van der Waals surface area contributed by atoms with E-state index in [0.717, 1.165) is 40.0 Å². The Bertz CT molecular complexity index is 1010. The number of nitrogens with one attached hydrogen (secondary N) is 1. The lowest BCUT2D eigenvalue weighted by molar-refractivity contribution is 0.136. The van der Waals surface area contributed by atoms with Crippen molar-refractivity contribution in [3.05, 3.63) is 24.5 Å². The van der Waals surface area contributed by atoms with Crippen LogP contribution in [0.2, 0.25) is 0 Å². The molecule has 1 aliphatic carbocycles. The molecule has 1 saturated heterocycles. The molecule has 3 heterocycles. The summed E-state index contributed by atoms with van der Waals surface area (Å²) in [4.78, 5) is 15.4. The van der Waals surface area contributed by atoms with Gasteiger partial charge in [0, 0.05) is 24.0 Å². The third kappa shape index (κ3) is 2.29. The van der Waals surface area contributed by atoms with Crippen LogP contribution in [-0.2, 0) is 0 Å². The first kappa shape index (κ1) is 15.9. The molecular weight excluding hydrogens is 324 g/mol. The fourth-order valence-corrected chi connectivity index (χ4v) is 5.72. The minimum Gasteiger partial charge on any atom is -0.497 e. The van der Waals surface area contributed by atoms with Crippen molar-refractivity contribution in [3.8, 4) is 5.75 Å². The zero-order chi connectivity index (χ0) is 18.1. The number of nitrogens with zero attached hydrogens (tertiary/aromatic N) is 3. The molecule has 5 heteroatoms. The summed E-state index contributed by atoms with van der Waals surface area (Å²) in [7, 11) is 1.70. The van der Waals surface area contributed by atoms with E-state index in [-0.39, 0.29) is 0 Å². The summed E-state index contributed by atoms with van der Waals surface area (Å²) in [6.45, 7) is 8.33. The van der Waals surface area contributed by atoms with Crippen molar-refractivity contribution in [2.75, 3.05) is 18.6 Å². The maximum Gasteiger partial charge on any atom is 0.156 e. The maximum atomic E-state index is 5.37. The van der Waals surface area contributed by atoms with Gasteiger partial charge in [0.1, 0.15) is 23.1 Å². The highest BCUT2D eigenvalue weighted by Gasteiger charge is 2.50. The molecule has 1 aliphatic heterocycles. The van der Waals surface area contributed by atoms with Crippen molar-refractivity contribution in [3.63, 3.8) is 0 Å². The van der Waals surface area contributed by atoms with Gasteiger partial charge in [-0.25, -0.2) is 9.97 Å². The second-order valence-electron chi connectivity index (χ2n) is 9.30. The molecule has 2 aliphatic rings. The largest absolute Gasteiger partial charge is 0.497 e. The van der Waals surface area contributed by atoms with Gasteiger partial charge in [-0.05, 0) is 42.2 Å². The molecule has 1 aromatic carbocycles. The Morgan fingerprint density at radius 3 is 2.85 bits per heavy atom. The standard InChI is InChI=1S/C21H26N4O/c1-20(2)8-13-9-21(3,10-20)11-25(13)19-18-17(22-12-23-19)15-6-5-14(26-4)7-16(15)24-18/h5-7,12-13,24H,8-11H2,1-4H3. The van der Waals surface area contributed by atoms with Crippen molar-refractivity contribution in [1.29, 1.82) is 0 Å². The Labute approximate surface area is 153 Å². The van der Waals surface area contributed by atoms with Gasteiger partial charge < -0.3 is 14.6 Å². The van der Waals surface area contributed by atoms with Crippen LogP contribution >= 0.6 is 0 Å². The predicted molar refractivity (Wildman–Crippen MR) is 105 cm³/mol. The average molecular weight is 350 g/mol. The lowest BCUT2D eigenvalue weighted by Gasteiger charge is -2.39. The van der Waals surface area contributed by atoms with E-state index in [1.54, 1.807) is 13.4 Å². The Balaban J connectivity index is 1.66. The molecule has 26 heavy (non-hydrogen) atoms. The molecule has 0 radical (unpaired) electrons. The van der Waals surface area contributed by atoms with Gasteiger partial charge in [0.25, 0.3) is 0 Å². The number of benzene rings is 1. The molecule has 2 fully saturated rings. The predicted octanol–water partition coefficient (Wildman–Crippen LogP) is 4.52. The topological polar surface area (TPSA) is 54.0 Å². The van der Waals surface area contributed by atoms with Crippen molar-refractivity contribution >= 4 is 27.8 Å². The number of fused-ring (bicyclic) bond motifs is 5. The molecular formula is C21H26N4O. The number of aromatic amines is 1.